The van der Waals surface area contributed by atoms with Gasteiger partial charge in [-0.1, -0.05) is 32.6 Å². The molecule has 1 aliphatic carbocycles. The van der Waals surface area contributed by atoms with Gasteiger partial charge < -0.3 is 4.42 Å². The first-order chi connectivity index (χ1) is 10.6. The lowest BCUT2D eigenvalue weighted by Crippen LogP contribution is -2.02. The van der Waals surface area contributed by atoms with Crippen molar-refractivity contribution in [2.75, 3.05) is 0 Å². The number of carbonyl (C=O) groups excluding carboxylic acids is 1. The van der Waals surface area contributed by atoms with E-state index in [-0.39, 0.29) is 5.78 Å². The van der Waals surface area contributed by atoms with Crippen LogP contribution in [0.4, 0.5) is 0 Å². The topological polar surface area (TPSA) is 43.1 Å². The molecule has 3 rings (SSSR count). The van der Waals surface area contributed by atoms with Gasteiger partial charge in [-0.15, -0.1) is 0 Å². The van der Waals surface area contributed by atoms with Crippen LogP contribution in [-0.4, -0.2) is 10.8 Å². The normalized spacial score (nSPS) is 16.6. The molecule has 0 fully saturated rings. The number of ketones is 1. The first-order valence-electron chi connectivity index (χ1n) is 7.89. The second-order valence-electron chi connectivity index (χ2n) is 6.01. The Bertz CT molecular complexity index is 767. The van der Waals surface area contributed by atoms with Crippen molar-refractivity contribution in [1.29, 1.82) is 0 Å². The van der Waals surface area contributed by atoms with Crippen LogP contribution < -0.4 is 0 Å². The first-order valence-corrected chi connectivity index (χ1v) is 7.89. The predicted molar refractivity (Wildman–Crippen MR) is 89.3 cm³/mol. The second kappa shape index (κ2) is 5.91. The summed E-state index contributed by atoms with van der Waals surface area (Å²) in [5.41, 5.74) is 4.92. The maximum Gasteiger partial charge on any atom is 0.222 e. The fourth-order valence-electron chi connectivity index (χ4n) is 2.70. The molecule has 0 bridgehead atoms. The van der Waals surface area contributed by atoms with Crippen molar-refractivity contribution in [2.45, 2.75) is 39.5 Å². The van der Waals surface area contributed by atoms with E-state index in [9.17, 15) is 4.79 Å². The van der Waals surface area contributed by atoms with Crippen molar-refractivity contribution in [2.24, 2.45) is 5.92 Å². The molecule has 0 aliphatic heterocycles. The van der Waals surface area contributed by atoms with Gasteiger partial charge in [-0.05, 0) is 42.0 Å². The van der Waals surface area contributed by atoms with Gasteiger partial charge in [0, 0.05) is 18.4 Å². The van der Waals surface area contributed by atoms with Crippen molar-refractivity contribution < 1.29 is 9.21 Å². The Balaban J connectivity index is 1.94. The molecule has 3 heteroatoms. The van der Waals surface area contributed by atoms with E-state index in [4.69, 9.17) is 4.42 Å². The molecule has 1 aromatic carbocycles. The molecule has 3 nitrogen and oxygen atoms in total. The maximum absolute atomic E-state index is 11.3. The van der Waals surface area contributed by atoms with Gasteiger partial charge in [-0.2, -0.15) is 0 Å². The Hall–Kier alpha value is -2.16. The van der Waals surface area contributed by atoms with E-state index in [1.165, 1.54) is 0 Å². The predicted octanol–water partition coefficient (Wildman–Crippen LogP) is 5.02. The van der Waals surface area contributed by atoms with Gasteiger partial charge in [0.2, 0.25) is 5.89 Å². The number of hydrogen-bond acceptors (Lipinski definition) is 3. The van der Waals surface area contributed by atoms with Crippen molar-refractivity contribution in [3.8, 4) is 0 Å². The monoisotopic (exact) mass is 295 g/mol. The number of rotatable bonds is 4. The average molecular weight is 295 g/mol. The van der Waals surface area contributed by atoms with E-state index in [0.29, 0.717) is 24.7 Å². The molecule has 1 unspecified atom stereocenters. The van der Waals surface area contributed by atoms with Crippen LogP contribution in [0.2, 0.25) is 0 Å². The molecule has 114 valence electrons. The highest BCUT2D eigenvalue weighted by Gasteiger charge is 2.17. The minimum absolute atomic E-state index is 0.284. The number of fused-ring (bicyclic) bond motifs is 1. The van der Waals surface area contributed by atoms with E-state index >= 15 is 0 Å². The van der Waals surface area contributed by atoms with Gasteiger partial charge in [-0.3, -0.25) is 4.79 Å². The minimum Gasteiger partial charge on any atom is -0.436 e. The molecule has 0 N–H and O–H groups in total. The number of carbonyl (C=O) groups is 1. The van der Waals surface area contributed by atoms with Gasteiger partial charge in [0.15, 0.2) is 5.58 Å². The van der Waals surface area contributed by atoms with E-state index in [0.717, 1.165) is 40.7 Å². The summed E-state index contributed by atoms with van der Waals surface area (Å²) < 4.78 is 5.92. The fraction of sp³-hybridized carbons (Fsp3) is 0.368. The van der Waals surface area contributed by atoms with E-state index < -0.39 is 0 Å². The molecular weight excluding hydrogens is 274 g/mol. The summed E-state index contributed by atoms with van der Waals surface area (Å²) in [6, 6.07) is 6.07. The molecule has 0 saturated carbocycles. The lowest BCUT2D eigenvalue weighted by molar-refractivity contribution is -0.118. The van der Waals surface area contributed by atoms with Gasteiger partial charge in [0.25, 0.3) is 0 Å². The quantitative estimate of drug-likeness (QED) is 0.795. The van der Waals surface area contributed by atoms with Crippen molar-refractivity contribution in [3.05, 3.63) is 42.3 Å². The third-order valence-electron chi connectivity index (χ3n) is 4.49. The highest BCUT2D eigenvalue weighted by atomic mass is 16.3. The summed E-state index contributed by atoms with van der Waals surface area (Å²) in [6.45, 7) is 8.54. The van der Waals surface area contributed by atoms with Gasteiger partial charge in [0.05, 0.1) is 0 Å². The van der Waals surface area contributed by atoms with E-state index in [1.54, 1.807) is 0 Å². The lowest BCUT2D eigenvalue weighted by Gasteiger charge is -2.12. The zero-order valence-electron chi connectivity index (χ0n) is 13.2. The van der Waals surface area contributed by atoms with Crippen molar-refractivity contribution >= 4 is 28.0 Å². The summed E-state index contributed by atoms with van der Waals surface area (Å²) in [7, 11) is 0. The van der Waals surface area contributed by atoms with Crippen LogP contribution in [0.25, 0.3) is 22.2 Å². The fourth-order valence-corrected chi connectivity index (χ4v) is 2.70. The number of aromatic nitrogens is 1. The largest absolute Gasteiger partial charge is 0.436 e. The van der Waals surface area contributed by atoms with Crippen LogP contribution in [0.1, 0.15) is 51.0 Å². The Morgan fingerprint density at radius 2 is 2.23 bits per heavy atom. The molecule has 0 spiro atoms. The Labute approximate surface area is 130 Å². The summed E-state index contributed by atoms with van der Waals surface area (Å²) in [5, 5.41) is 0. The smallest absolute Gasteiger partial charge is 0.222 e. The highest BCUT2D eigenvalue weighted by molar-refractivity contribution is 5.87. The molecule has 22 heavy (non-hydrogen) atoms. The van der Waals surface area contributed by atoms with Crippen molar-refractivity contribution in [3.63, 3.8) is 0 Å². The molecule has 1 atom stereocenters. The zero-order chi connectivity index (χ0) is 15.7. The molecule has 0 amide bonds. The summed E-state index contributed by atoms with van der Waals surface area (Å²) >= 11 is 0. The summed E-state index contributed by atoms with van der Waals surface area (Å²) in [5.74, 6) is 1.38. The third-order valence-corrected chi connectivity index (χ3v) is 4.49. The number of nitrogens with zero attached hydrogens (tertiary/aromatic N) is 1. The number of oxazole rings is 1. The minimum atomic E-state index is 0.284. The average Bonchev–Trinajstić information content (AvgIpc) is 2.97. The van der Waals surface area contributed by atoms with E-state index in [1.807, 2.05) is 18.2 Å². The van der Waals surface area contributed by atoms with Crippen LogP contribution in [-0.2, 0) is 4.79 Å². The molecule has 1 aliphatic rings. The Kier molecular flexibility index (Phi) is 3.97. The second-order valence-corrected chi connectivity index (χ2v) is 6.01. The number of hydrogen-bond donors (Lipinski definition) is 0. The molecule has 1 heterocycles. The number of benzene rings is 1. The first kappa shape index (κ1) is 14.8. The summed E-state index contributed by atoms with van der Waals surface area (Å²) in [4.78, 5) is 15.9. The van der Waals surface area contributed by atoms with Gasteiger partial charge in [-0.25, -0.2) is 4.98 Å². The molecule has 0 radical (unpaired) electrons. The number of allylic oxidation sites excluding steroid dienone is 3. The molecule has 2 aromatic rings. The van der Waals surface area contributed by atoms with Crippen molar-refractivity contribution in [1.82, 2.24) is 4.98 Å². The molecule has 0 saturated heterocycles. The SMILES string of the molecule is C=C(c1ccc2nc(C3=CCC(=O)CC3)oc2c1)C(C)CC. The summed E-state index contributed by atoms with van der Waals surface area (Å²) in [6.07, 6.45) is 4.80. The van der Waals surface area contributed by atoms with Crippen LogP contribution >= 0.6 is 0 Å². The Morgan fingerprint density at radius 3 is 2.91 bits per heavy atom. The molecule has 1 aromatic heterocycles. The van der Waals surface area contributed by atoms with E-state index in [2.05, 4.69) is 31.5 Å². The van der Waals surface area contributed by atoms with Crippen LogP contribution in [0.5, 0.6) is 0 Å². The Morgan fingerprint density at radius 1 is 1.41 bits per heavy atom. The van der Waals surface area contributed by atoms with Crippen LogP contribution in [0.15, 0.2) is 35.3 Å². The van der Waals surface area contributed by atoms with Crippen LogP contribution in [0.3, 0.4) is 0 Å². The lowest BCUT2D eigenvalue weighted by atomic mass is 9.93. The standard InChI is InChI=1S/C19H21NO2/c1-4-12(2)13(3)15-7-10-17-18(11-15)22-19(20-17)14-5-8-16(21)9-6-14/h5,7,10-12H,3-4,6,8-9H2,1-2H3. The highest BCUT2D eigenvalue weighted by Crippen LogP contribution is 2.30. The number of Topliss-reactive ketones (excluding diaryl/α,β-unsaturated/α-hetero) is 1. The third kappa shape index (κ3) is 2.76. The molecular formula is C19H21NO2. The maximum atomic E-state index is 11.3. The van der Waals surface area contributed by atoms with Crippen LogP contribution in [0, 0.1) is 5.92 Å². The zero-order valence-corrected chi connectivity index (χ0v) is 13.2. The van der Waals surface area contributed by atoms with Gasteiger partial charge >= 0.3 is 0 Å². The van der Waals surface area contributed by atoms with Gasteiger partial charge in [0.1, 0.15) is 11.3 Å².